The molecule has 5 heteroatoms. The summed E-state index contributed by atoms with van der Waals surface area (Å²) >= 11 is 0. The largest absolute Gasteiger partial charge is 0.491 e. The number of rotatable bonds is 6. The van der Waals surface area contributed by atoms with Gasteiger partial charge in [-0.05, 0) is 51.0 Å². The molecule has 2 aromatic carbocycles. The Hall–Kier alpha value is -2.04. The van der Waals surface area contributed by atoms with Gasteiger partial charge in [-0.25, -0.2) is 0 Å². The minimum absolute atomic E-state index is 0. The summed E-state index contributed by atoms with van der Waals surface area (Å²) in [6.07, 6.45) is 0.111. The van der Waals surface area contributed by atoms with Gasteiger partial charge in [-0.1, -0.05) is 42.0 Å². The first-order valence-corrected chi connectivity index (χ1v) is 8.26. The molecular formula is C20H27ClN2O2. The first kappa shape index (κ1) is 21.0. The molecule has 3 N–H and O–H groups in total. The fourth-order valence-corrected chi connectivity index (χ4v) is 2.44. The van der Waals surface area contributed by atoms with Crippen LogP contribution >= 0.6 is 12.4 Å². The number of benzene rings is 2. The number of amides is 1. The van der Waals surface area contributed by atoms with Crippen LogP contribution in [0.25, 0.3) is 0 Å². The third-order valence-electron chi connectivity index (χ3n) is 3.81. The lowest BCUT2D eigenvalue weighted by atomic mass is 10.0. The summed E-state index contributed by atoms with van der Waals surface area (Å²) < 4.78 is 5.70. The maximum Gasteiger partial charge on any atom is 0.241 e. The molecule has 0 heterocycles. The zero-order valence-corrected chi connectivity index (χ0v) is 16.0. The van der Waals surface area contributed by atoms with Gasteiger partial charge in [0.05, 0.1) is 12.1 Å². The Kier molecular flexibility index (Phi) is 7.94. The molecule has 0 aliphatic carbocycles. The van der Waals surface area contributed by atoms with Gasteiger partial charge in [0, 0.05) is 0 Å². The van der Waals surface area contributed by atoms with Gasteiger partial charge >= 0.3 is 0 Å². The highest BCUT2D eigenvalue weighted by atomic mass is 35.5. The van der Waals surface area contributed by atoms with E-state index >= 15 is 0 Å². The number of halogens is 1. The van der Waals surface area contributed by atoms with E-state index in [1.807, 2.05) is 76.2 Å². The van der Waals surface area contributed by atoms with Crippen LogP contribution < -0.4 is 15.8 Å². The van der Waals surface area contributed by atoms with E-state index in [2.05, 4.69) is 5.32 Å². The number of ether oxygens (including phenoxy) is 1. The van der Waals surface area contributed by atoms with Crippen LogP contribution in [-0.4, -0.2) is 12.0 Å². The summed E-state index contributed by atoms with van der Waals surface area (Å²) in [7, 11) is 0. The molecule has 0 aliphatic heterocycles. The normalized spacial score (nSPS) is 12.9. The van der Waals surface area contributed by atoms with Crippen LogP contribution in [0.4, 0.5) is 0 Å². The van der Waals surface area contributed by atoms with Crippen LogP contribution in [0.5, 0.6) is 5.75 Å². The predicted molar refractivity (Wildman–Crippen MR) is 104 cm³/mol. The van der Waals surface area contributed by atoms with Crippen molar-refractivity contribution in [2.45, 2.75) is 45.9 Å². The van der Waals surface area contributed by atoms with E-state index < -0.39 is 6.04 Å². The molecule has 0 bridgehead atoms. The van der Waals surface area contributed by atoms with Crippen LogP contribution in [0.1, 0.15) is 49.5 Å². The predicted octanol–water partition coefficient (Wildman–Crippen LogP) is 4.08. The molecule has 136 valence electrons. The maximum atomic E-state index is 12.4. The first-order chi connectivity index (χ1) is 11.4. The number of carbonyl (C=O) groups is 1. The summed E-state index contributed by atoms with van der Waals surface area (Å²) in [6, 6.07) is 14.6. The van der Waals surface area contributed by atoms with E-state index in [0.717, 1.165) is 22.4 Å². The summed E-state index contributed by atoms with van der Waals surface area (Å²) in [6.45, 7) is 7.91. The second-order valence-corrected chi connectivity index (χ2v) is 6.36. The van der Waals surface area contributed by atoms with Crippen molar-refractivity contribution >= 4 is 18.3 Å². The Balaban J connectivity index is 0.00000312. The van der Waals surface area contributed by atoms with Gasteiger partial charge in [-0.2, -0.15) is 0 Å². The lowest BCUT2D eigenvalue weighted by molar-refractivity contribution is -0.123. The van der Waals surface area contributed by atoms with Crippen molar-refractivity contribution in [1.82, 2.24) is 5.32 Å². The van der Waals surface area contributed by atoms with Crippen molar-refractivity contribution in [2.75, 3.05) is 0 Å². The van der Waals surface area contributed by atoms with E-state index in [9.17, 15) is 4.79 Å². The van der Waals surface area contributed by atoms with Gasteiger partial charge < -0.3 is 15.8 Å². The Morgan fingerprint density at radius 2 is 1.68 bits per heavy atom. The molecule has 0 saturated heterocycles. The van der Waals surface area contributed by atoms with Crippen LogP contribution in [0.15, 0.2) is 48.5 Å². The molecule has 0 spiro atoms. The number of nitrogens with two attached hydrogens (primary N) is 1. The van der Waals surface area contributed by atoms with Crippen molar-refractivity contribution < 1.29 is 9.53 Å². The van der Waals surface area contributed by atoms with Gasteiger partial charge in [0.1, 0.15) is 11.8 Å². The van der Waals surface area contributed by atoms with E-state index in [1.54, 1.807) is 0 Å². The van der Waals surface area contributed by atoms with Crippen molar-refractivity contribution in [3.8, 4) is 5.75 Å². The second kappa shape index (κ2) is 9.44. The minimum atomic E-state index is -0.678. The molecule has 0 saturated carbocycles. The Bertz CT molecular complexity index is 686. The van der Waals surface area contributed by atoms with E-state index in [0.29, 0.717) is 0 Å². The second-order valence-electron chi connectivity index (χ2n) is 6.36. The number of aryl methyl sites for hydroxylation is 1. The molecule has 0 radical (unpaired) electrons. The van der Waals surface area contributed by atoms with Crippen LogP contribution in [0.3, 0.4) is 0 Å². The molecule has 2 rings (SSSR count). The number of hydrogen-bond acceptors (Lipinski definition) is 3. The third kappa shape index (κ3) is 6.07. The Morgan fingerprint density at radius 3 is 2.28 bits per heavy atom. The highest BCUT2D eigenvalue weighted by Gasteiger charge is 2.18. The van der Waals surface area contributed by atoms with Crippen molar-refractivity contribution in [2.24, 2.45) is 5.73 Å². The standard InChI is InChI=1S/C20H26N2O2.ClH/c1-13(2)24-18-7-5-6-17(12-18)15(4)22-20(23)19(21)16-10-8-14(3)9-11-16;/h5-13,15,19H,21H2,1-4H3,(H,22,23);1H. The van der Waals surface area contributed by atoms with Crippen LogP contribution in [-0.2, 0) is 4.79 Å². The molecule has 25 heavy (non-hydrogen) atoms. The topological polar surface area (TPSA) is 64.4 Å². The number of carbonyl (C=O) groups excluding carboxylic acids is 1. The lowest BCUT2D eigenvalue weighted by Gasteiger charge is -2.19. The molecule has 1 amide bonds. The van der Waals surface area contributed by atoms with E-state index in [1.165, 1.54) is 0 Å². The Morgan fingerprint density at radius 1 is 1.04 bits per heavy atom. The number of hydrogen-bond donors (Lipinski definition) is 2. The minimum Gasteiger partial charge on any atom is -0.491 e. The SMILES string of the molecule is Cc1ccc(C(N)C(=O)NC(C)c2cccc(OC(C)C)c2)cc1.Cl. The van der Waals surface area contributed by atoms with E-state index in [-0.39, 0.29) is 30.5 Å². The summed E-state index contributed by atoms with van der Waals surface area (Å²) in [5.41, 5.74) is 9.01. The average molecular weight is 363 g/mol. The molecule has 0 fully saturated rings. The highest BCUT2D eigenvalue weighted by Crippen LogP contribution is 2.21. The molecule has 0 aromatic heterocycles. The maximum absolute atomic E-state index is 12.4. The summed E-state index contributed by atoms with van der Waals surface area (Å²) in [4.78, 5) is 12.4. The average Bonchev–Trinajstić information content (AvgIpc) is 2.54. The molecule has 2 unspecified atom stereocenters. The van der Waals surface area contributed by atoms with Crippen LogP contribution in [0, 0.1) is 6.92 Å². The van der Waals surface area contributed by atoms with Crippen molar-refractivity contribution in [1.29, 1.82) is 0 Å². The van der Waals surface area contributed by atoms with Crippen molar-refractivity contribution in [3.63, 3.8) is 0 Å². The fraction of sp³-hybridized carbons (Fsp3) is 0.350. The quantitative estimate of drug-likeness (QED) is 0.813. The molecule has 2 aromatic rings. The highest BCUT2D eigenvalue weighted by molar-refractivity contribution is 5.85. The third-order valence-corrected chi connectivity index (χ3v) is 3.81. The van der Waals surface area contributed by atoms with E-state index in [4.69, 9.17) is 10.5 Å². The molecule has 0 aliphatic rings. The van der Waals surface area contributed by atoms with Gasteiger partial charge in [0.25, 0.3) is 0 Å². The molecule has 2 atom stereocenters. The first-order valence-electron chi connectivity index (χ1n) is 8.26. The summed E-state index contributed by atoms with van der Waals surface area (Å²) in [5, 5.41) is 2.97. The van der Waals surface area contributed by atoms with Gasteiger partial charge in [0.15, 0.2) is 0 Å². The molecular weight excluding hydrogens is 336 g/mol. The van der Waals surface area contributed by atoms with Gasteiger partial charge in [0.2, 0.25) is 5.91 Å². The lowest BCUT2D eigenvalue weighted by Crippen LogP contribution is -2.35. The zero-order valence-electron chi connectivity index (χ0n) is 15.2. The molecule has 4 nitrogen and oxygen atoms in total. The zero-order chi connectivity index (χ0) is 17.7. The smallest absolute Gasteiger partial charge is 0.241 e. The number of nitrogens with one attached hydrogen (secondary N) is 1. The summed E-state index contributed by atoms with van der Waals surface area (Å²) in [5.74, 6) is 0.605. The Labute approximate surface area is 156 Å². The van der Waals surface area contributed by atoms with Crippen LogP contribution in [0.2, 0.25) is 0 Å². The van der Waals surface area contributed by atoms with Gasteiger partial charge in [-0.3, -0.25) is 4.79 Å². The monoisotopic (exact) mass is 362 g/mol. The fourth-order valence-electron chi connectivity index (χ4n) is 2.44. The van der Waals surface area contributed by atoms with Crippen molar-refractivity contribution in [3.05, 3.63) is 65.2 Å². The van der Waals surface area contributed by atoms with Gasteiger partial charge in [-0.15, -0.1) is 12.4 Å².